The summed E-state index contributed by atoms with van der Waals surface area (Å²) in [6.07, 6.45) is 1.53. The van der Waals surface area contributed by atoms with Gasteiger partial charge in [-0.25, -0.2) is 9.97 Å². The molecular formula is C30H34N8O. The SMILES string of the molecule is COc1cc(N(C)CCN(C)C)c(N)cc1Nc1ncnc(-c2c(-c3ccccc3)n(C)c3ccccc23)n1. The van der Waals surface area contributed by atoms with Gasteiger partial charge in [-0.15, -0.1) is 0 Å². The van der Waals surface area contributed by atoms with Gasteiger partial charge in [0.1, 0.15) is 12.1 Å². The van der Waals surface area contributed by atoms with Crippen molar-refractivity contribution in [3.63, 3.8) is 0 Å². The van der Waals surface area contributed by atoms with Gasteiger partial charge in [0.2, 0.25) is 5.95 Å². The molecule has 2 heterocycles. The summed E-state index contributed by atoms with van der Waals surface area (Å²) in [5.41, 5.74) is 12.9. The van der Waals surface area contributed by atoms with Gasteiger partial charge in [0.05, 0.1) is 35.4 Å². The van der Waals surface area contributed by atoms with Crippen LogP contribution in [0.4, 0.5) is 23.0 Å². The molecule has 0 unspecified atom stereocenters. The molecule has 5 rings (SSSR count). The molecule has 0 saturated carbocycles. The Kier molecular flexibility index (Phi) is 7.33. The van der Waals surface area contributed by atoms with Gasteiger partial charge in [0, 0.05) is 44.2 Å². The maximum atomic E-state index is 6.47. The molecule has 3 aromatic carbocycles. The number of ether oxygens (including phenoxy) is 1. The monoisotopic (exact) mass is 522 g/mol. The lowest BCUT2D eigenvalue weighted by Crippen LogP contribution is -2.29. The lowest BCUT2D eigenvalue weighted by Gasteiger charge is -2.24. The van der Waals surface area contributed by atoms with E-state index in [2.05, 4.69) is 75.1 Å². The highest BCUT2D eigenvalue weighted by molar-refractivity contribution is 6.03. The Balaban J connectivity index is 1.54. The lowest BCUT2D eigenvalue weighted by atomic mass is 10.0. The van der Waals surface area contributed by atoms with Crippen LogP contribution in [0.15, 0.2) is 73.1 Å². The normalized spacial score (nSPS) is 11.2. The Morgan fingerprint density at radius 3 is 2.44 bits per heavy atom. The number of hydrogen-bond donors (Lipinski definition) is 2. The zero-order chi connectivity index (χ0) is 27.5. The van der Waals surface area contributed by atoms with Gasteiger partial charge in [-0.3, -0.25) is 0 Å². The largest absolute Gasteiger partial charge is 0.494 e. The molecule has 9 heteroatoms. The first-order valence-electron chi connectivity index (χ1n) is 12.8. The van der Waals surface area contributed by atoms with Gasteiger partial charge in [0.15, 0.2) is 5.82 Å². The number of nitrogen functional groups attached to an aromatic ring is 1. The number of aryl methyl sites for hydroxylation is 1. The zero-order valence-corrected chi connectivity index (χ0v) is 23.0. The van der Waals surface area contributed by atoms with Crippen molar-refractivity contribution in [1.29, 1.82) is 0 Å². The summed E-state index contributed by atoms with van der Waals surface area (Å²) in [4.78, 5) is 18.1. The number of benzene rings is 3. The minimum atomic E-state index is 0.401. The van der Waals surface area contributed by atoms with Gasteiger partial charge in [-0.05, 0) is 31.8 Å². The van der Waals surface area contributed by atoms with Crippen molar-refractivity contribution >= 4 is 33.9 Å². The van der Waals surface area contributed by atoms with E-state index < -0.39 is 0 Å². The summed E-state index contributed by atoms with van der Waals surface area (Å²) in [5, 5.41) is 4.38. The molecule has 3 N–H and O–H groups in total. The minimum absolute atomic E-state index is 0.401. The Hall–Kier alpha value is -4.63. The number of methoxy groups -OCH3 is 1. The molecule has 0 fully saturated rings. The molecule has 39 heavy (non-hydrogen) atoms. The van der Waals surface area contributed by atoms with Crippen LogP contribution in [-0.4, -0.2) is 65.8 Å². The summed E-state index contributed by atoms with van der Waals surface area (Å²) in [7, 11) is 9.83. The molecule has 0 aliphatic carbocycles. The molecule has 0 bridgehead atoms. The van der Waals surface area contributed by atoms with E-state index in [1.165, 1.54) is 6.33 Å². The fourth-order valence-corrected chi connectivity index (χ4v) is 4.80. The first-order valence-corrected chi connectivity index (χ1v) is 12.8. The molecule has 5 aromatic rings. The van der Waals surface area contributed by atoms with Crippen molar-refractivity contribution in [2.45, 2.75) is 0 Å². The molecule has 0 radical (unpaired) electrons. The number of fused-ring (bicyclic) bond motifs is 1. The van der Waals surface area contributed by atoms with Crippen molar-refractivity contribution < 1.29 is 4.74 Å². The Morgan fingerprint density at radius 1 is 0.949 bits per heavy atom. The molecule has 0 spiro atoms. The fraction of sp³-hybridized carbons (Fsp3) is 0.233. The van der Waals surface area contributed by atoms with Crippen LogP contribution in [0.5, 0.6) is 5.75 Å². The average molecular weight is 523 g/mol. The van der Waals surface area contributed by atoms with Crippen LogP contribution in [-0.2, 0) is 7.05 Å². The van der Waals surface area contributed by atoms with Gasteiger partial charge in [0.25, 0.3) is 0 Å². The smallest absolute Gasteiger partial charge is 0.230 e. The third kappa shape index (κ3) is 5.21. The van der Waals surface area contributed by atoms with Crippen molar-refractivity contribution in [3.05, 3.63) is 73.1 Å². The lowest BCUT2D eigenvalue weighted by molar-refractivity contribution is 0.413. The number of likely N-dealkylation sites (N-methyl/N-ethyl adjacent to an activating group) is 2. The van der Waals surface area contributed by atoms with Crippen molar-refractivity contribution in [3.8, 4) is 28.4 Å². The molecular weight excluding hydrogens is 488 g/mol. The van der Waals surface area contributed by atoms with E-state index in [0.29, 0.717) is 28.9 Å². The van der Waals surface area contributed by atoms with Crippen LogP contribution < -0.4 is 20.7 Å². The summed E-state index contributed by atoms with van der Waals surface area (Å²) >= 11 is 0. The van der Waals surface area contributed by atoms with Gasteiger partial charge < -0.3 is 30.2 Å². The molecule has 0 aliphatic rings. The van der Waals surface area contributed by atoms with Crippen LogP contribution >= 0.6 is 0 Å². The first-order chi connectivity index (χ1) is 18.9. The number of nitrogens with one attached hydrogen (secondary N) is 1. The summed E-state index contributed by atoms with van der Waals surface area (Å²) in [6, 6.07) is 22.4. The van der Waals surface area contributed by atoms with E-state index in [-0.39, 0.29) is 0 Å². The second-order valence-electron chi connectivity index (χ2n) is 9.76. The Bertz CT molecular complexity index is 1600. The van der Waals surface area contributed by atoms with E-state index >= 15 is 0 Å². The maximum absolute atomic E-state index is 6.47. The van der Waals surface area contributed by atoms with Crippen LogP contribution in [0.1, 0.15) is 0 Å². The van der Waals surface area contributed by atoms with Crippen molar-refractivity contribution in [1.82, 2.24) is 24.4 Å². The highest BCUT2D eigenvalue weighted by Gasteiger charge is 2.21. The van der Waals surface area contributed by atoms with E-state index in [4.69, 9.17) is 15.5 Å². The standard InChI is InChI=1S/C30H34N8O/c1-36(2)15-16-37(3)25-18-26(39-5)23(17-22(25)31)34-30-33-19-32-29(35-30)27-21-13-9-10-14-24(21)38(4)28(27)20-11-7-6-8-12-20/h6-14,17-19H,15-16,31H2,1-5H3,(H,32,33,34,35). The second-order valence-corrected chi connectivity index (χ2v) is 9.76. The number of anilines is 4. The summed E-state index contributed by atoms with van der Waals surface area (Å²) in [5.74, 6) is 1.63. The highest BCUT2D eigenvalue weighted by Crippen LogP contribution is 2.40. The molecule has 0 saturated heterocycles. The highest BCUT2D eigenvalue weighted by atomic mass is 16.5. The minimum Gasteiger partial charge on any atom is -0.494 e. The van der Waals surface area contributed by atoms with E-state index in [0.717, 1.165) is 46.5 Å². The second kappa shape index (κ2) is 11.0. The summed E-state index contributed by atoms with van der Waals surface area (Å²) in [6.45, 7) is 1.74. The number of aromatic nitrogens is 4. The number of hydrogen-bond acceptors (Lipinski definition) is 8. The third-order valence-corrected chi connectivity index (χ3v) is 6.84. The van der Waals surface area contributed by atoms with E-state index in [1.807, 2.05) is 49.5 Å². The molecule has 2 aromatic heterocycles. The Morgan fingerprint density at radius 2 is 1.69 bits per heavy atom. The van der Waals surface area contributed by atoms with Crippen LogP contribution in [0.25, 0.3) is 33.5 Å². The first kappa shape index (κ1) is 26.0. The quantitative estimate of drug-likeness (QED) is 0.260. The molecule has 0 atom stereocenters. The van der Waals surface area contributed by atoms with Gasteiger partial charge in [-0.1, -0.05) is 48.5 Å². The van der Waals surface area contributed by atoms with Crippen LogP contribution in [0.3, 0.4) is 0 Å². The Labute approximate surface area is 228 Å². The summed E-state index contributed by atoms with van der Waals surface area (Å²) < 4.78 is 7.90. The predicted molar refractivity (Wildman–Crippen MR) is 160 cm³/mol. The fourth-order valence-electron chi connectivity index (χ4n) is 4.80. The van der Waals surface area contributed by atoms with Crippen molar-refractivity contribution in [2.24, 2.45) is 7.05 Å². The van der Waals surface area contributed by atoms with Crippen molar-refractivity contribution in [2.75, 3.05) is 57.3 Å². The molecule has 200 valence electrons. The van der Waals surface area contributed by atoms with Crippen LogP contribution in [0.2, 0.25) is 0 Å². The van der Waals surface area contributed by atoms with Crippen LogP contribution in [0, 0.1) is 0 Å². The van der Waals surface area contributed by atoms with Gasteiger partial charge in [-0.2, -0.15) is 4.98 Å². The molecule has 9 nitrogen and oxygen atoms in total. The van der Waals surface area contributed by atoms with Gasteiger partial charge >= 0.3 is 0 Å². The average Bonchev–Trinajstić information content (AvgIpc) is 3.25. The molecule has 0 aliphatic heterocycles. The third-order valence-electron chi connectivity index (χ3n) is 6.84. The van der Waals surface area contributed by atoms with E-state index in [1.54, 1.807) is 7.11 Å². The zero-order valence-electron chi connectivity index (χ0n) is 23.0. The predicted octanol–water partition coefficient (Wildman–Crippen LogP) is 5.03. The number of para-hydroxylation sites is 1. The number of nitrogens with zero attached hydrogens (tertiary/aromatic N) is 6. The maximum Gasteiger partial charge on any atom is 0.230 e. The van der Waals surface area contributed by atoms with E-state index in [9.17, 15) is 0 Å². The number of nitrogens with two attached hydrogens (primary N) is 1. The topological polar surface area (TPSA) is 97.4 Å². The molecule has 0 amide bonds. The number of rotatable bonds is 9.